The molecule has 4 aromatic rings. The SMILES string of the molecule is Cc1ccc(NCc2nn(CC(=O)c3ccc(Br)cc3)c(=S)n2-c2ccccc2C)cc1. The standard InChI is InChI=1S/C25H23BrN4OS/c1-17-7-13-21(14-8-17)27-15-24-28-29(16-23(31)19-9-11-20(26)12-10-19)25(32)30(24)22-6-4-3-5-18(22)2/h3-14,27H,15-16H2,1-2H3. The van der Waals surface area contributed by atoms with E-state index >= 15 is 0 Å². The number of nitrogens with zero attached hydrogens (tertiary/aromatic N) is 3. The molecule has 1 heterocycles. The zero-order valence-electron chi connectivity index (χ0n) is 17.9. The molecule has 0 spiro atoms. The third-order valence-corrected chi connectivity index (χ3v) is 6.15. The summed E-state index contributed by atoms with van der Waals surface area (Å²) < 4.78 is 4.98. The van der Waals surface area contributed by atoms with Crippen molar-refractivity contribution >= 4 is 39.6 Å². The summed E-state index contributed by atoms with van der Waals surface area (Å²) in [6.45, 7) is 4.65. The summed E-state index contributed by atoms with van der Waals surface area (Å²) in [5, 5.41) is 8.14. The van der Waals surface area contributed by atoms with Crippen LogP contribution in [0, 0.1) is 18.6 Å². The minimum absolute atomic E-state index is 0.0407. The van der Waals surface area contributed by atoms with E-state index in [0.29, 0.717) is 16.9 Å². The van der Waals surface area contributed by atoms with Gasteiger partial charge in [0, 0.05) is 15.7 Å². The number of carbonyl (C=O) groups excluding carboxylic acids is 1. The predicted molar refractivity (Wildman–Crippen MR) is 134 cm³/mol. The summed E-state index contributed by atoms with van der Waals surface area (Å²) in [6.07, 6.45) is 0. The van der Waals surface area contributed by atoms with Gasteiger partial charge in [0.15, 0.2) is 11.6 Å². The maximum absolute atomic E-state index is 12.9. The molecule has 1 N–H and O–H groups in total. The highest BCUT2D eigenvalue weighted by Crippen LogP contribution is 2.19. The number of aromatic nitrogens is 3. The normalized spacial score (nSPS) is 10.8. The van der Waals surface area contributed by atoms with Gasteiger partial charge in [0.25, 0.3) is 0 Å². The lowest BCUT2D eigenvalue weighted by Gasteiger charge is -2.11. The van der Waals surface area contributed by atoms with Crippen LogP contribution >= 0.6 is 28.1 Å². The van der Waals surface area contributed by atoms with Crippen LogP contribution in [0.4, 0.5) is 5.69 Å². The monoisotopic (exact) mass is 506 g/mol. The highest BCUT2D eigenvalue weighted by atomic mass is 79.9. The van der Waals surface area contributed by atoms with Crippen molar-refractivity contribution in [2.24, 2.45) is 0 Å². The van der Waals surface area contributed by atoms with Gasteiger partial charge in [-0.2, -0.15) is 5.10 Å². The molecule has 0 unspecified atom stereocenters. The van der Waals surface area contributed by atoms with Crippen LogP contribution in [0.5, 0.6) is 0 Å². The van der Waals surface area contributed by atoms with Crippen LogP contribution in [0.2, 0.25) is 0 Å². The summed E-state index contributed by atoms with van der Waals surface area (Å²) >= 11 is 9.17. The molecular formula is C25H23BrN4OS. The van der Waals surface area contributed by atoms with Gasteiger partial charge >= 0.3 is 0 Å². The largest absolute Gasteiger partial charge is 0.378 e. The van der Waals surface area contributed by atoms with Crippen molar-refractivity contribution < 1.29 is 4.79 Å². The first kappa shape index (κ1) is 22.2. The Kier molecular flexibility index (Phi) is 6.67. The lowest BCUT2D eigenvalue weighted by molar-refractivity contribution is 0.0967. The van der Waals surface area contributed by atoms with Gasteiger partial charge in [0.1, 0.15) is 6.54 Å². The Labute approximate surface area is 200 Å². The number of hydrogen-bond donors (Lipinski definition) is 1. The van der Waals surface area contributed by atoms with Gasteiger partial charge in [-0.05, 0) is 62.0 Å². The van der Waals surface area contributed by atoms with Crippen molar-refractivity contribution in [3.8, 4) is 5.69 Å². The first-order chi connectivity index (χ1) is 15.4. The zero-order chi connectivity index (χ0) is 22.7. The molecule has 7 heteroatoms. The number of ketones is 1. The van der Waals surface area contributed by atoms with Crippen LogP contribution in [-0.4, -0.2) is 20.1 Å². The molecule has 0 amide bonds. The van der Waals surface area contributed by atoms with Crippen molar-refractivity contribution in [2.75, 3.05) is 5.32 Å². The summed E-state index contributed by atoms with van der Waals surface area (Å²) in [5.74, 6) is 0.703. The lowest BCUT2D eigenvalue weighted by Crippen LogP contribution is -2.12. The van der Waals surface area contributed by atoms with Gasteiger partial charge in [0.05, 0.1) is 12.2 Å². The Morgan fingerprint density at radius 2 is 1.69 bits per heavy atom. The number of benzene rings is 3. The van der Waals surface area contributed by atoms with E-state index in [1.165, 1.54) is 5.56 Å². The van der Waals surface area contributed by atoms with Crippen LogP contribution in [0.25, 0.3) is 5.69 Å². The number of hydrogen-bond acceptors (Lipinski definition) is 4. The number of rotatable bonds is 7. The van der Waals surface area contributed by atoms with E-state index in [0.717, 1.165) is 27.2 Å². The predicted octanol–water partition coefficient (Wildman–Crippen LogP) is 6.28. The second-order valence-electron chi connectivity index (χ2n) is 7.63. The number of anilines is 1. The van der Waals surface area contributed by atoms with Crippen molar-refractivity contribution in [2.45, 2.75) is 26.9 Å². The molecule has 3 aromatic carbocycles. The van der Waals surface area contributed by atoms with E-state index < -0.39 is 0 Å². The summed E-state index contributed by atoms with van der Waals surface area (Å²) in [7, 11) is 0. The van der Waals surface area contributed by atoms with E-state index in [9.17, 15) is 4.79 Å². The van der Waals surface area contributed by atoms with Crippen LogP contribution < -0.4 is 5.32 Å². The van der Waals surface area contributed by atoms with Gasteiger partial charge in [0.2, 0.25) is 4.77 Å². The molecule has 1 aromatic heterocycles. The van der Waals surface area contributed by atoms with Crippen LogP contribution in [0.1, 0.15) is 27.3 Å². The number of carbonyl (C=O) groups is 1. The van der Waals surface area contributed by atoms with E-state index in [-0.39, 0.29) is 12.3 Å². The highest BCUT2D eigenvalue weighted by Gasteiger charge is 2.16. The third kappa shape index (κ3) is 4.89. The number of para-hydroxylation sites is 1. The summed E-state index contributed by atoms with van der Waals surface area (Å²) in [5.41, 5.74) is 4.87. The Hall–Kier alpha value is -3.03. The van der Waals surface area contributed by atoms with E-state index in [1.807, 2.05) is 60.0 Å². The van der Waals surface area contributed by atoms with Crippen molar-refractivity contribution in [1.82, 2.24) is 14.3 Å². The average Bonchev–Trinajstić information content (AvgIpc) is 3.09. The molecule has 0 bridgehead atoms. The zero-order valence-corrected chi connectivity index (χ0v) is 20.3. The molecule has 5 nitrogen and oxygen atoms in total. The van der Waals surface area contributed by atoms with Crippen molar-refractivity contribution in [1.29, 1.82) is 0 Å². The van der Waals surface area contributed by atoms with Gasteiger partial charge in [-0.15, -0.1) is 0 Å². The Morgan fingerprint density at radius 1 is 1.00 bits per heavy atom. The number of nitrogens with one attached hydrogen (secondary N) is 1. The fourth-order valence-electron chi connectivity index (χ4n) is 3.44. The molecule has 0 atom stereocenters. The Balaban J connectivity index is 1.68. The smallest absolute Gasteiger partial charge is 0.203 e. The minimum Gasteiger partial charge on any atom is -0.378 e. The highest BCUT2D eigenvalue weighted by molar-refractivity contribution is 9.10. The summed E-state index contributed by atoms with van der Waals surface area (Å²) in [6, 6.07) is 23.5. The number of halogens is 1. The first-order valence-electron chi connectivity index (χ1n) is 10.3. The van der Waals surface area contributed by atoms with Crippen LogP contribution in [-0.2, 0) is 13.1 Å². The van der Waals surface area contributed by atoms with E-state index in [1.54, 1.807) is 16.8 Å². The van der Waals surface area contributed by atoms with Crippen LogP contribution in [0.3, 0.4) is 0 Å². The van der Waals surface area contributed by atoms with Gasteiger partial charge in [-0.1, -0.05) is 64.0 Å². The van der Waals surface area contributed by atoms with Gasteiger partial charge in [-0.25, -0.2) is 4.68 Å². The molecule has 0 aliphatic rings. The summed E-state index contributed by atoms with van der Waals surface area (Å²) in [4.78, 5) is 12.9. The first-order valence-corrected chi connectivity index (χ1v) is 11.5. The molecular weight excluding hydrogens is 484 g/mol. The molecule has 0 saturated heterocycles. The minimum atomic E-state index is -0.0407. The number of aryl methyl sites for hydroxylation is 2. The lowest BCUT2D eigenvalue weighted by atomic mass is 10.1. The fourth-order valence-corrected chi connectivity index (χ4v) is 4.02. The molecule has 0 aliphatic carbocycles. The van der Waals surface area contributed by atoms with Gasteiger partial charge in [-0.3, -0.25) is 9.36 Å². The maximum Gasteiger partial charge on any atom is 0.203 e. The molecule has 32 heavy (non-hydrogen) atoms. The van der Waals surface area contributed by atoms with Crippen LogP contribution in [0.15, 0.2) is 77.3 Å². The maximum atomic E-state index is 12.9. The molecule has 4 rings (SSSR count). The molecule has 0 fully saturated rings. The fraction of sp³-hybridized carbons (Fsp3) is 0.160. The average molecular weight is 507 g/mol. The van der Waals surface area contributed by atoms with E-state index in [4.69, 9.17) is 17.3 Å². The second-order valence-corrected chi connectivity index (χ2v) is 8.91. The molecule has 0 saturated carbocycles. The molecule has 162 valence electrons. The van der Waals surface area contributed by atoms with E-state index in [2.05, 4.69) is 40.3 Å². The van der Waals surface area contributed by atoms with Crippen molar-refractivity contribution in [3.63, 3.8) is 0 Å². The third-order valence-electron chi connectivity index (χ3n) is 5.22. The Bertz CT molecular complexity index is 1310. The quantitative estimate of drug-likeness (QED) is 0.236. The second kappa shape index (κ2) is 9.63. The van der Waals surface area contributed by atoms with Crippen molar-refractivity contribution in [3.05, 3.63) is 105 Å². The van der Waals surface area contributed by atoms with Gasteiger partial charge < -0.3 is 5.32 Å². The molecule has 0 aliphatic heterocycles. The number of Topliss-reactive ketones (excluding diaryl/α,β-unsaturated/α-hetero) is 1. The topological polar surface area (TPSA) is 51.9 Å². The Morgan fingerprint density at radius 3 is 2.38 bits per heavy atom. The molecule has 0 radical (unpaired) electrons.